The Morgan fingerprint density at radius 1 is 1.26 bits per heavy atom. The van der Waals surface area contributed by atoms with Crippen LogP contribution in [0.3, 0.4) is 0 Å². The molecule has 0 aliphatic heterocycles. The minimum atomic E-state index is -4.64. The van der Waals surface area contributed by atoms with Gasteiger partial charge in [-0.2, -0.15) is 18.2 Å². The van der Waals surface area contributed by atoms with Crippen molar-refractivity contribution in [1.82, 2.24) is 19.9 Å². The van der Waals surface area contributed by atoms with Crippen molar-refractivity contribution in [2.24, 2.45) is 0 Å². The number of halogens is 3. The Morgan fingerprint density at radius 2 is 2.06 bits per heavy atom. The van der Waals surface area contributed by atoms with Crippen molar-refractivity contribution in [2.45, 2.75) is 12.7 Å². The number of thiophene rings is 1. The molecule has 11 heteroatoms. The molecule has 31 heavy (non-hydrogen) atoms. The number of amides is 1. The van der Waals surface area contributed by atoms with Gasteiger partial charge < -0.3 is 15.8 Å². The summed E-state index contributed by atoms with van der Waals surface area (Å²) in [5, 5.41) is 8.19. The van der Waals surface area contributed by atoms with Crippen LogP contribution in [-0.4, -0.2) is 27.6 Å². The summed E-state index contributed by atoms with van der Waals surface area (Å²) in [5.41, 5.74) is 5.69. The first kappa shape index (κ1) is 20.7. The Bertz CT molecular complexity index is 1270. The van der Waals surface area contributed by atoms with Gasteiger partial charge in [-0.15, -0.1) is 16.4 Å². The van der Waals surface area contributed by atoms with Crippen LogP contribution in [0.2, 0.25) is 0 Å². The molecule has 0 aliphatic carbocycles. The number of nitrogens with one attached hydrogen (secondary N) is 1. The van der Waals surface area contributed by atoms with Gasteiger partial charge in [0.2, 0.25) is 5.95 Å². The average Bonchev–Trinajstić information content (AvgIpc) is 3.36. The molecule has 0 spiro atoms. The number of nitrogens with zero attached hydrogens (tertiary/aromatic N) is 3. The van der Waals surface area contributed by atoms with E-state index in [1.807, 2.05) is 12.1 Å². The third-order valence-electron chi connectivity index (χ3n) is 4.50. The molecule has 160 valence electrons. The average molecular weight is 447 g/mol. The van der Waals surface area contributed by atoms with E-state index in [0.717, 1.165) is 27.5 Å². The van der Waals surface area contributed by atoms with Crippen LogP contribution < -0.4 is 15.8 Å². The topological polar surface area (TPSA) is 94.5 Å². The number of rotatable bonds is 5. The first-order valence-corrected chi connectivity index (χ1v) is 9.85. The predicted molar refractivity (Wildman–Crippen MR) is 110 cm³/mol. The van der Waals surface area contributed by atoms with Crippen molar-refractivity contribution in [3.63, 3.8) is 0 Å². The fourth-order valence-electron chi connectivity index (χ4n) is 3.03. The summed E-state index contributed by atoms with van der Waals surface area (Å²) in [5.74, 6) is 0.0848. The van der Waals surface area contributed by atoms with E-state index in [0.29, 0.717) is 16.2 Å². The lowest BCUT2D eigenvalue weighted by atomic mass is 10.1. The predicted octanol–water partition coefficient (Wildman–Crippen LogP) is 4.00. The highest BCUT2D eigenvalue weighted by Crippen LogP contribution is 2.36. The number of ether oxygens (including phenoxy) is 1. The second kappa shape index (κ2) is 7.91. The number of nitrogens with two attached hydrogens (primary N) is 1. The molecule has 4 aromatic rings. The van der Waals surface area contributed by atoms with Gasteiger partial charge in [-0.3, -0.25) is 4.79 Å². The number of benzene rings is 1. The molecule has 3 N–H and O–H groups in total. The maximum Gasteiger partial charge on any atom is 0.420 e. The van der Waals surface area contributed by atoms with Gasteiger partial charge in [0.1, 0.15) is 11.3 Å². The molecule has 1 aromatic carbocycles. The van der Waals surface area contributed by atoms with Crippen LogP contribution in [0.1, 0.15) is 20.8 Å². The molecule has 0 saturated carbocycles. The molecule has 0 aliphatic rings. The van der Waals surface area contributed by atoms with Gasteiger partial charge in [0.05, 0.1) is 12.0 Å². The maximum absolute atomic E-state index is 13.5. The number of hydrogen-bond acceptors (Lipinski definition) is 6. The van der Waals surface area contributed by atoms with E-state index < -0.39 is 11.7 Å². The zero-order valence-corrected chi connectivity index (χ0v) is 16.9. The lowest BCUT2D eigenvalue weighted by molar-refractivity contribution is -0.136. The monoisotopic (exact) mass is 447 g/mol. The SMILES string of the molecule is COc1cccc(CNC(=O)c2cc(-c3cc(C(F)(F)F)c4nc(N)nn4c3)cs2)c1. The van der Waals surface area contributed by atoms with Crippen LogP contribution >= 0.6 is 11.3 Å². The Kier molecular flexibility index (Phi) is 5.27. The van der Waals surface area contributed by atoms with E-state index >= 15 is 0 Å². The van der Waals surface area contributed by atoms with E-state index in [-0.39, 0.29) is 29.6 Å². The van der Waals surface area contributed by atoms with E-state index in [1.165, 1.54) is 12.3 Å². The molecule has 0 atom stereocenters. The minimum absolute atomic E-state index is 0.243. The number of anilines is 1. The van der Waals surface area contributed by atoms with Crippen molar-refractivity contribution in [3.05, 3.63) is 64.0 Å². The molecule has 3 aromatic heterocycles. The highest BCUT2D eigenvalue weighted by Gasteiger charge is 2.35. The standard InChI is InChI=1S/C20H16F3N5O2S/c1-30-14-4-2-3-11(5-14)8-25-18(29)16-7-13(10-31-16)12-6-15(20(21,22)23)17-26-19(24)27-28(17)9-12/h2-7,9-10H,8H2,1H3,(H2,24,27)(H,25,29). The van der Waals surface area contributed by atoms with Crippen LogP contribution in [0.15, 0.2) is 48.0 Å². The smallest absolute Gasteiger partial charge is 0.420 e. The Hall–Kier alpha value is -3.60. The zero-order valence-electron chi connectivity index (χ0n) is 16.1. The molecule has 0 fully saturated rings. The molecule has 0 radical (unpaired) electrons. The summed E-state index contributed by atoms with van der Waals surface area (Å²) >= 11 is 1.13. The summed E-state index contributed by atoms with van der Waals surface area (Å²) in [6.07, 6.45) is -3.24. The number of hydrogen-bond donors (Lipinski definition) is 2. The normalized spacial score (nSPS) is 11.6. The van der Waals surface area contributed by atoms with Crippen LogP contribution in [-0.2, 0) is 12.7 Å². The second-order valence-corrected chi connectivity index (χ2v) is 7.52. The van der Waals surface area contributed by atoms with Crippen LogP contribution in [0.5, 0.6) is 5.75 Å². The van der Waals surface area contributed by atoms with Gasteiger partial charge in [0.15, 0.2) is 5.65 Å². The quantitative estimate of drug-likeness (QED) is 0.482. The molecule has 0 unspecified atom stereocenters. The van der Waals surface area contributed by atoms with Gasteiger partial charge in [-0.25, -0.2) is 4.52 Å². The Balaban J connectivity index is 1.58. The summed E-state index contributed by atoms with van der Waals surface area (Å²) in [7, 11) is 1.56. The van der Waals surface area contributed by atoms with Crippen LogP contribution in [0.4, 0.5) is 19.1 Å². The highest BCUT2D eigenvalue weighted by atomic mass is 32.1. The van der Waals surface area contributed by atoms with Gasteiger partial charge >= 0.3 is 6.18 Å². The summed E-state index contributed by atoms with van der Waals surface area (Å²) < 4.78 is 46.6. The third kappa shape index (κ3) is 4.31. The summed E-state index contributed by atoms with van der Waals surface area (Å²) in [6.45, 7) is 0.283. The summed E-state index contributed by atoms with van der Waals surface area (Å²) in [6, 6.07) is 9.77. The van der Waals surface area contributed by atoms with Crippen LogP contribution in [0, 0.1) is 0 Å². The first-order chi connectivity index (χ1) is 14.7. The lowest BCUT2D eigenvalue weighted by Gasteiger charge is -2.09. The van der Waals surface area contributed by atoms with Crippen molar-refractivity contribution in [1.29, 1.82) is 0 Å². The fourth-order valence-corrected chi connectivity index (χ4v) is 3.86. The molecule has 4 rings (SSSR count). The van der Waals surface area contributed by atoms with E-state index in [9.17, 15) is 18.0 Å². The number of methoxy groups -OCH3 is 1. The minimum Gasteiger partial charge on any atom is -0.497 e. The van der Waals surface area contributed by atoms with Crippen LogP contribution in [0.25, 0.3) is 16.8 Å². The number of carbonyl (C=O) groups is 1. The number of pyridine rings is 1. The van der Waals surface area contributed by atoms with Gasteiger partial charge in [0, 0.05) is 18.3 Å². The van der Waals surface area contributed by atoms with Crippen molar-refractivity contribution < 1.29 is 22.7 Å². The fraction of sp³-hybridized carbons (Fsp3) is 0.150. The molecule has 3 heterocycles. The number of nitrogen functional groups attached to an aromatic ring is 1. The molecule has 0 saturated heterocycles. The van der Waals surface area contributed by atoms with Gasteiger partial charge in [-0.05, 0) is 40.8 Å². The molecular formula is C20H16F3N5O2S. The van der Waals surface area contributed by atoms with Crippen molar-refractivity contribution in [2.75, 3.05) is 12.8 Å². The molecule has 1 amide bonds. The van der Waals surface area contributed by atoms with Gasteiger partial charge in [-0.1, -0.05) is 12.1 Å². The maximum atomic E-state index is 13.5. The van der Waals surface area contributed by atoms with Crippen molar-refractivity contribution >= 4 is 28.8 Å². The molecule has 0 bridgehead atoms. The zero-order chi connectivity index (χ0) is 22.2. The Labute approximate surface area is 178 Å². The van der Waals surface area contributed by atoms with Gasteiger partial charge in [0.25, 0.3) is 5.91 Å². The second-order valence-electron chi connectivity index (χ2n) is 6.61. The number of carbonyl (C=O) groups excluding carboxylic acids is 1. The van der Waals surface area contributed by atoms with E-state index in [2.05, 4.69) is 15.4 Å². The van der Waals surface area contributed by atoms with E-state index in [1.54, 1.807) is 24.6 Å². The first-order valence-electron chi connectivity index (χ1n) is 8.98. The van der Waals surface area contributed by atoms with E-state index in [4.69, 9.17) is 10.5 Å². The summed E-state index contributed by atoms with van der Waals surface area (Å²) in [4.78, 5) is 16.5. The molecule has 7 nitrogen and oxygen atoms in total. The lowest BCUT2D eigenvalue weighted by Crippen LogP contribution is -2.21. The number of alkyl halides is 3. The highest BCUT2D eigenvalue weighted by molar-refractivity contribution is 7.12. The van der Waals surface area contributed by atoms with Crippen molar-refractivity contribution in [3.8, 4) is 16.9 Å². The number of fused-ring (bicyclic) bond motifs is 1. The third-order valence-corrected chi connectivity index (χ3v) is 5.43. The largest absolute Gasteiger partial charge is 0.497 e. The number of aromatic nitrogens is 3. The molecular weight excluding hydrogens is 431 g/mol. The Morgan fingerprint density at radius 3 is 2.81 bits per heavy atom.